The van der Waals surface area contributed by atoms with E-state index < -0.39 is 11.7 Å². The molecule has 0 spiro atoms. The van der Waals surface area contributed by atoms with Gasteiger partial charge in [0.1, 0.15) is 40.2 Å². The van der Waals surface area contributed by atoms with Crippen LogP contribution in [0, 0.1) is 11.2 Å². The monoisotopic (exact) mass is 597 g/mol. The lowest BCUT2D eigenvalue weighted by molar-refractivity contribution is -0.136. The van der Waals surface area contributed by atoms with Gasteiger partial charge in [-0.2, -0.15) is 0 Å². The zero-order valence-electron chi connectivity index (χ0n) is 25.1. The minimum absolute atomic E-state index is 0.0743. The van der Waals surface area contributed by atoms with Gasteiger partial charge in [-0.25, -0.2) is 19.3 Å². The molecule has 4 aromatic rings. The van der Waals surface area contributed by atoms with Crippen LogP contribution in [0.15, 0.2) is 42.9 Å². The molecule has 44 heavy (non-hydrogen) atoms. The second-order valence-electron chi connectivity index (χ2n) is 12.8. The summed E-state index contributed by atoms with van der Waals surface area (Å²) in [5.41, 5.74) is 8.07. The molecule has 228 valence electrons. The number of amides is 2. The molecular formula is C33H36FN7O3. The molecular weight excluding hydrogens is 561 g/mol. The first-order chi connectivity index (χ1) is 21.1. The van der Waals surface area contributed by atoms with E-state index in [4.69, 9.17) is 15.5 Å². The molecule has 3 aromatic heterocycles. The highest BCUT2D eigenvalue weighted by molar-refractivity contribution is 6.05. The molecule has 2 saturated heterocycles. The van der Waals surface area contributed by atoms with Crippen LogP contribution in [0.3, 0.4) is 0 Å². The molecule has 2 amide bonds. The molecule has 0 bridgehead atoms. The van der Waals surface area contributed by atoms with Gasteiger partial charge in [-0.15, -0.1) is 0 Å². The average Bonchev–Trinajstić information content (AvgIpc) is 3.73. The number of piperidine rings is 1. The number of hydrogen-bond donors (Lipinski definition) is 2. The summed E-state index contributed by atoms with van der Waals surface area (Å²) in [6.07, 6.45) is 9.82. The van der Waals surface area contributed by atoms with Crippen LogP contribution in [0.1, 0.15) is 86.5 Å². The molecule has 10 nitrogen and oxygen atoms in total. The van der Waals surface area contributed by atoms with Crippen LogP contribution in [-0.4, -0.2) is 55.3 Å². The van der Waals surface area contributed by atoms with E-state index in [-0.39, 0.29) is 58.3 Å². The summed E-state index contributed by atoms with van der Waals surface area (Å²) in [5.74, 6) is 0.886. The number of carbonyl (C=O) groups is 2. The number of imidazole rings is 1. The minimum Gasteiger partial charge on any atom is -0.493 e. The topological polar surface area (TPSA) is 128 Å². The first-order valence-corrected chi connectivity index (χ1v) is 15.3. The molecule has 0 radical (unpaired) electrons. The third-order valence-corrected chi connectivity index (χ3v) is 9.19. The number of rotatable bonds is 7. The van der Waals surface area contributed by atoms with Crippen molar-refractivity contribution in [1.29, 1.82) is 0 Å². The van der Waals surface area contributed by atoms with Crippen molar-refractivity contribution >= 4 is 29.0 Å². The van der Waals surface area contributed by atoms with Gasteiger partial charge in [0, 0.05) is 48.1 Å². The lowest BCUT2D eigenvalue weighted by Crippen LogP contribution is -2.42. The van der Waals surface area contributed by atoms with Crippen LogP contribution < -0.4 is 15.8 Å². The van der Waals surface area contributed by atoms with Gasteiger partial charge in [-0.1, -0.05) is 13.8 Å². The quantitative estimate of drug-likeness (QED) is 0.286. The Morgan fingerprint density at radius 1 is 1.14 bits per heavy atom. The van der Waals surface area contributed by atoms with Gasteiger partial charge in [0.25, 0.3) is 5.91 Å². The maximum absolute atomic E-state index is 16.2. The number of nitrogens with one attached hydrogen (secondary N) is 1. The summed E-state index contributed by atoms with van der Waals surface area (Å²) in [6.45, 7) is 6.57. The van der Waals surface area contributed by atoms with Crippen molar-refractivity contribution in [2.75, 3.05) is 24.2 Å². The number of halogens is 1. The molecule has 2 atom stereocenters. The molecule has 7 rings (SSSR count). The highest BCUT2D eigenvalue weighted by atomic mass is 19.1. The number of carbonyl (C=O) groups excluding carboxylic acids is 2. The zero-order valence-corrected chi connectivity index (χ0v) is 25.1. The molecule has 1 aromatic carbocycles. The SMILES string of the molecule is CCOc1cc(C(=O)Nc2cc(C3CC3)ccn2)cc(F)c1-c1nc([C@@H]2CC[C@H]3CC(C)(C)C(=O)N3C2)n2ccnc(N)c12. The van der Waals surface area contributed by atoms with E-state index in [9.17, 15) is 9.59 Å². The largest absolute Gasteiger partial charge is 0.493 e. The van der Waals surface area contributed by atoms with Crippen LogP contribution >= 0.6 is 0 Å². The number of nitrogens with zero attached hydrogens (tertiary/aromatic N) is 5. The maximum Gasteiger partial charge on any atom is 0.257 e. The fraction of sp³-hybridized carbons (Fsp3) is 0.424. The van der Waals surface area contributed by atoms with Crippen molar-refractivity contribution in [3.8, 4) is 17.0 Å². The number of ether oxygens (including phenoxy) is 1. The molecule has 3 aliphatic rings. The lowest BCUT2D eigenvalue weighted by Gasteiger charge is -2.34. The normalized spacial score (nSPS) is 21.0. The van der Waals surface area contributed by atoms with Crippen molar-refractivity contribution in [2.45, 2.75) is 70.8 Å². The first-order valence-electron chi connectivity index (χ1n) is 15.3. The van der Waals surface area contributed by atoms with E-state index in [0.717, 1.165) is 37.7 Å². The van der Waals surface area contributed by atoms with Gasteiger partial charge in [0.2, 0.25) is 5.91 Å². The Bertz CT molecular complexity index is 1800. The third kappa shape index (κ3) is 4.84. The van der Waals surface area contributed by atoms with Gasteiger partial charge in [0.05, 0.1) is 12.2 Å². The summed E-state index contributed by atoms with van der Waals surface area (Å²) >= 11 is 0. The Labute approximate surface area is 254 Å². The molecule has 3 fully saturated rings. The van der Waals surface area contributed by atoms with Crippen LogP contribution in [-0.2, 0) is 4.79 Å². The Kier molecular flexibility index (Phi) is 6.78. The van der Waals surface area contributed by atoms with Crippen molar-refractivity contribution in [3.63, 3.8) is 0 Å². The Morgan fingerprint density at radius 3 is 2.70 bits per heavy atom. The van der Waals surface area contributed by atoms with Crippen LogP contribution in [0.2, 0.25) is 0 Å². The predicted octanol–water partition coefficient (Wildman–Crippen LogP) is 5.55. The van der Waals surface area contributed by atoms with Crippen LogP contribution in [0.4, 0.5) is 16.0 Å². The Balaban J connectivity index is 1.26. The minimum atomic E-state index is -0.671. The number of benzene rings is 1. The first kappa shape index (κ1) is 28.2. The number of aromatic nitrogens is 4. The lowest BCUT2D eigenvalue weighted by atomic mass is 9.87. The second kappa shape index (κ2) is 10.6. The standard InChI is InChI=1S/C33H36FN7O3/c1-4-44-24-14-21(31(42)38-25-15-19(9-10-36-25)18-5-6-18)13-23(34)26(24)27-28-29(35)37-11-12-40(28)30(39-27)20-7-8-22-16-33(2,3)32(43)41(22)17-20/h9-15,18,20,22H,4-8,16-17H2,1-3H3,(H2,35,37)(H,36,38,42)/t20-,22+/m1/s1. The van der Waals surface area contributed by atoms with Crippen LogP contribution in [0.25, 0.3) is 16.8 Å². The summed E-state index contributed by atoms with van der Waals surface area (Å²) < 4.78 is 23.9. The van der Waals surface area contributed by atoms with Gasteiger partial charge in [-0.3, -0.25) is 14.0 Å². The summed E-state index contributed by atoms with van der Waals surface area (Å²) in [6, 6.07) is 6.75. The Hall–Kier alpha value is -4.54. The van der Waals surface area contributed by atoms with E-state index in [2.05, 4.69) is 15.3 Å². The highest BCUT2D eigenvalue weighted by Crippen LogP contribution is 2.45. The van der Waals surface area contributed by atoms with Gasteiger partial charge < -0.3 is 20.7 Å². The average molecular weight is 598 g/mol. The molecule has 0 unspecified atom stereocenters. The van der Waals surface area contributed by atoms with Crippen molar-refractivity contribution < 1.29 is 18.7 Å². The van der Waals surface area contributed by atoms with E-state index in [1.165, 1.54) is 12.1 Å². The van der Waals surface area contributed by atoms with E-state index in [1.807, 2.05) is 35.3 Å². The second-order valence-corrected chi connectivity index (χ2v) is 12.8. The van der Waals surface area contributed by atoms with E-state index in [0.29, 0.717) is 29.6 Å². The highest BCUT2D eigenvalue weighted by Gasteiger charge is 2.48. The number of anilines is 2. The van der Waals surface area contributed by atoms with E-state index in [1.54, 1.807) is 25.5 Å². The summed E-state index contributed by atoms with van der Waals surface area (Å²) in [7, 11) is 0. The van der Waals surface area contributed by atoms with Gasteiger partial charge in [-0.05, 0) is 74.8 Å². The fourth-order valence-corrected chi connectivity index (χ4v) is 6.90. The van der Waals surface area contributed by atoms with Crippen LogP contribution in [0.5, 0.6) is 5.75 Å². The Morgan fingerprint density at radius 2 is 1.93 bits per heavy atom. The number of fused-ring (bicyclic) bond motifs is 2. The van der Waals surface area contributed by atoms with E-state index >= 15 is 4.39 Å². The number of nitrogens with two attached hydrogens (primary N) is 1. The van der Waals surface area contributed by atoms with Crippen molar-refractivity contribution in [3.05, 3.63) is 65.6 Å². The third-order valence-electron chi connectivity index (χ3n) is 9.19. The molecule has 5 heterocycles. The van der Waals surface area contributed by atoms with Gasteiger partial charge in [0.15, 0.2) is 0 Å². The van der Waals surface area contributed by atoms with Crippen molar-refractivity contribution in [2.24, 2.45) is 5.41 Å². The smallest absolute Gasteiger partial charge is 0.257 e. The number of nitrogen functional groups attached to an aromatic ring is 1. The maximum atomic E-state index is 16.2. The number of pyridine rings is 1. The fourth-order valence-electron chi connectivity index (χ4n) is 6.90. The molecule has 11 heteroatoms. The predicted molar refractivity (Wildman–Crippen MR) is 164 cm³/mol. The van der Waals surface area contributed by atoms with Crippen molar-refractivity contribution in [1.82, 2.24) is 24.3 Å². The zero-order chi connectivity index (χ0) is 30.7. The van der Waals surface area contributed by atoms with Gasteiger partial charge >= 0.3 is 0 Å². The molecule has 2 aliphatic heterocycles. The molecule has 1 saturated carbocycles. The molecule has 1 aliphatic carbocycles. The summed E-state index contributed by atoms with van der Waals surface area (Å²) in [4.78, 5) is 41.9. The molecule has 3 N–H and O–H groups in total. The summed E-state index contributed by atoms with van der Waals surface area (Å²) in [5, 5.41) is 2.80. The number of hydrogen-bond acceptors (Lipinski definition) is 7.